The molecule has 1 saturated heterocycles. The molecule has 2 rings (SSSR count). The van der Waals surface area contributed by atoms with Crippen LogP contribution in [0.25, 0.3) is 0 Å². The summed E-state index contributed by atoms with van der Waals surface area (Å²) in [5.41, 5.74) is 0. The first-order chi connectivity index (χ1) is 9.79. The van der Waals surface area contributed by atoms with E-state index in [9.17, 15) is 0 Å². The highest BCUT2D eigenvalue weighted by molar-refractivity contribution is 4.81. The third-order valence-corrected chi connectivity index (χ3v) is 4.38. The molecule has 0 amide bonds. The lowest BCUT2D eigenvalue weighted by Crippen LogP contribution is -2.44. The topological polar surface area (TPSA) is 33.1 Å². The van der Waals surface area contributed by atoms with Gasteiger partial charge in [0.2, 0.25) is 0 Å². The van der Waals surface area contributed by atoms with Crippen molar-refractivity contribution in [3.05, 3.63) is 18.5 Å². The molecule has 4 heteroatoms. The molecule has 0 aromatic carbocycles. The van der Waals surface area contributed by atoms with Gasteiger partial charge >= 0.3 is 0 Å². The Hall–Kier alpha value is -0.870. The smallest absolute Gasteiger partial charge is 0.0489 e. The molecule has 2 unspecified atom stereocenters. The minimum absolute atomic E-state index is 0.632. The van der Waals surface area contributed by atoms with E-state index in [2.05, 4.69) is 29.2 Å². The third kappa shape index (κ3) is 4.91. The zero-order valence-electron chi connectivity index (χ0n) is 13.1. The molecule has 2 atom stereocenters. The summed E-state index contributed by atoms with van der Waals surface area (Å²) in [5, 5.41) is 7.95. The van der Waals surface area contributed by atoms with Gasteiger partial charge in [0, 0.05) is 31.5 Å². The van der Waals surface area contributed by atoms with Crippen LogP contribution in [0.5, 0.6) is 0 Å². The maximum absolute atomic E-state index is 4.24. The number of likely N-dealkylation sites (tertiary alicyclic amines) is 1. The Kier molecular flexibility index (Phi) is 6.54. The first-order valence-corrected chi connectivity index (χ1v) is 8.22. The van der Waals surface area contributed by atoms with E-state index in [4.69, 9.17) is 0 Å². The van der Waals surface area contributed by atoms with Crippen LogP contribution in [0.4, 0.5) is 0 Å². The Labute approximate surface area is 123 Å². The summed E-state index contributed by atoms with van der Waals surface area (Å²) in [6.45, 7) is 10.6. The first kappa shape index (κ1) is 15.5. The van der Waals surface area contributed by atoms with Crippen molar-refractivity contribution in [1.82, 2.24) is 20.0 Å². The van der Waals surface area contributed by atoms with Crippen LogP contribution in [0.2, 0.25) is 0 Å². The molecule has 2 heterocycles. The van der Waals surface area contributed by atoms with Crippen molar-refractivity contribution in [2.45, 2.75) is 52.1 Å². The fraction of sp³-hybridized carbons (Fsp3) is 0.812. The summed E-state index contributed by atoms with van der Waals surface area (Å²) in [5.74, 6) is 0.819. The van der Waals surface area contributed by atoms with Crippen molar-refractivity contribution >= 4 is 0 Å². The van der Waals surface area contributed by atoms with Gasteiger partial charge in [-0.3, -0.25) is 4.68 Å². The summed E-state index contributed by atoms with van der Waals surface area (Å²) >= 11 is 0. The van der Waals surface area contributed by atoms with Crippen LogP contribution < -0.4 is 5.32 Å². The Morgan fingerprint density at radius 3 is 3.05 bits per heavy atom. The second-order valence-corrected chi connectivity index (χ2v) is 6.07. The molecule has 0 radical (unpaired) electrons. The number of aryl methyl sites for hydroxylation is 1. The number of rotatable bonds is 8. The van der Waals surface area contributed by atoms with Crippen molar-refractivity contribution in [2.75, 3.05) is 26.2 Å². The van der Waals surface area contributed by atoms with Gasteiger partial charge < -0.3 is 10.2 Å². The SMILES string of the molecule is CCCN1CCCC(C(C)NCCCn2cccn2)C1. The number of hydrogen-bond donors (Lipinski definition) is 1. The molecule has 1 N–H and O–H groups in total. The highest BCUT2D eigenvalue weighted by Gasteiger charge is 2.23. The Morgan fingerprint density at radius 1 is 1.40 bits per heavy atom. The molecule has 1 aliphatic rings. The molecule has 0 aliphatic carbocycles. The molecule has 0 saturated carbocycles. The van der Waals surface area contributed by atoms with Crippen LogP contribution in [-0.2, 0) is 6.54 Å². The van der Waals surface area contributed by atoms with E-state index in [-0.39, 0.29) is 0 Å². The second kappa shape index (κ2) is 8.42. The van der Waals surface area contributed by atoms with Gasteiger partial charge in [0.1, 0.15) is 0 Å². The molecule has 114 valence electrons. The molecule has 1 fully saturated rings. The van der Waals surface area contributed by atoms with Crippen LogP contribution in [-0.4, -0.2) is 46.9 Å². The molecule has 4 nitrogen and oxygen atoms in total. The lowest BCUT2D eigenvalue weighted by atomic mass is 9.91. The quantitative estimate of drug-likeness (QED) is 0.741. The van der Waals surface area contributed by atoms with Crippen LogP contribution in [0.3, 0.4) is 0 Å². The average molecular weight is 278 g/mol. The zero-order chi connectivity index (χ0) is 14.2. The molecular weight excluding hydrogens is 248 g/mol. The van der Waals surface area contributed by atoms with E-state index in [1.165, 1.54) is 38.9 Å². The number of nitrogens with zero attached hydrogens (tertiary/aromatic N) is 3. The minimum Gasteiger partial charge on any atom is -0.314 e. The standard InChI is InChI=1S/C16H30N4/c1-3-10-19-11-4-7-16(14-19)15(2)17-8-5-12-20-13-6-9-18-20/h6,9,13,15-17H,3-5,7-8,10-12,14H2,1-2H3. The van der Waals surface area contributed by atoms with Crippen molar-refractivity contribution in [3.63, 3.8) is 0 Å². The Morgan fingerprint density at radius 2 is 2.30 bits per heavy atom. The molecule has 1 aliphatic heterocycles. The highest BCUT2D eigenvalue weighted by atomic mass is 15.3. The van der Waals surface area contributed by atoms with Crippen LogP contribution in [0.1, 0.15) is 39.5 Å². The van der Waals surface area contributed by atoms with Gasteiger partial charge in [0.05, 0.1) is 0 Å². The number of nitrogens with one attached hydrogen (secondary N) is 1. The molecular formula is C16H30N4. The molecule has 20 heavy (non-hydrogen) atoms. The van der Waals surface area contributed by atoms with Gasteiger partial charge in [-0.2, -0.15) is 5.10 Å². The summed E-state index contributed by atoms with van der Waals surface area (Å²) < 4.78 is 2.01. The fourth-order valence-electron chi connectivity index (χ4n) is 3.19. The summed E-state index contributed by atoms with van der Waals surface area (Å²) in [4.78, 5) is 2.64. The molecule has 1 aromatic rings. The molecule has 1 aromatic heterocycles. The summed E-state index contributed by atoms with van der Waals surface area (Å²) in [6.07, 6.45) is 9.06. The summed E-state index contributed by atoms with van der Waals surface area (Å²) in [7, 11) is 0. The zero-order valence-corrected chi connectivity index (χ0v) is 13.1. The van der Waals surface area contributed by atoms with Crippen molar-refractivity contribution < 1.29 is 0 Å². The summed E-state index contributed by atoms with van der Waals surface area (Å²) in [6, 6.07) is 2.62. The molecule has 0 bridgehead atoms. The average Bonchev–Trinajstić information content (AvgIpc) is 2.97. The van der Waals surface area contributed by atoms with Crippen molar-refractivity contribution in [2.24, 2.45) is 5.92 Å². The van der Waals surface area contributed by atoms with Gasteiger partial charge in [0.25, 0.3) is 0 Å². The lowest BCUT2D eigenvalue weighted by molar-refractivity contribution is 0.151. The predicted molar refractivity (Wildman–Crippen MR) is 83.8 cm³/mol. The van der Waals surface area contributed by atoms with E-state index in [1.54, 1.807) is 0 Å². The number of aromatic nitrogens is 2. The van der Waals surface area contributed by atoms with E-state index in [0.717, 1.165) is 25.4 Å². The lowest BCUT2D eigenvalue weighted by Gasteiger charge is -2.36. The maximum Gasteiger partial charge on any atom is 0.0489 e. The highest BCUT2D eigenvalue weighted by Crippen LogP contribution is 2.19. The van der Waals surface area contributed by atoms with E-state index in [0.29, 0.717) is 6.04 Å². The van der Waals surface area contributed by atoms with E-state index in [1.807, 2.05) is 23.1 Å². The maximum atomic E-state index is 4.24. The minimum atomic E-state index is 0.632. The first-order valence-electron chi connectivity index (χ1n) is 8.22. The van der Waals surface area contributed by atoms with E-state index < -0.39 is 0 Å². The van der Waals surface area contributed by atoms with Gasteiger partial charge in [0.15, 0.2) is 0 Å². The van der Waals surface area contributed by atoms with Gasteiger partial charge in [-0.1, -0.05) is 6.92 Å². The number of piperidine rings is 1. The second-order valence-electron chi connectivity index (χ2n) is 6.07. The monoisotopic (exact) mass is 278 g/mol. The van der Waals surface area contributed by atoms with Crippen LogP contribution in [0.15, 0.2) is 18.5 Å². The van der Waals surface area contributed by atoms with Crippen molar-refractivity contribution in [1.29, 1.82) is 0 Å². The van der Waals surface area contributed by atoms with Gasteiger partial charge in [-0.15, -0.1) is 0 Å². The van der Waals surface area contributed by atoms with E-state index >= 15 is 0 Å². The Balaban J connectivity index is 1.62. The normalized spacial score (nSPS) is 22.0. The van der Waals surface area contributed by atoms with Crippen LogP contribution in [0, 0.1) is 5.92 Å². The fourth-order valence-corrected chi connectivity index (χ4v) is 3.19. The third-order valence-electron chi connectivity index (χ3n) is 4.38. The molecule has 0 spiro atoms. The number of hydrogen-bond acceptors (Lipinski definition) is 3. The predicted octanol–water partition coefficient (Wildman–Crippen LogP) is 2.37. The van der Waals surface area contributed by atoms with Crippen LogP contribution >= 0.6 is 0 Å². The van der Waals surface area contributed by atoms with Gasteiger partial charge in [-0.05, 0) is 64.2 Å². The Bertz CT molecular complexity index is 347. The largest absolute Gasteiger partial charge is 0.314 e. The van der Waals surface area contributed by atoms with Crippen molar-refractivity contribution in [3.8, 4) is 0 Å². The van der Waals surface area contributed by atoms with Gasteiger partial charge in [-0.25, -0.2) is 0 Å².